The normalized spacial score (nSPS) is 12.9. The molecule has 8 heteroatoms. The molecule has 36 heavy (non-hydrogen) atoms. The van der Waals surface area contributed by atoms with Crippen molar-refractivity contribution in [2.24, 2.45) is 0 Å². The molecule has 0 aliphatic rings. The predicted molar refractivity (Wildman–Crippen MR) is 138 cm³/mol. The second kappa shape index (κ2) is 11.7. The van der Waals surface area contributed by atoms with Crippen LogP contribution in [0.2, 0.25) is 0 Å². The van der Waals surface area contributed by atoms with E-state index in [1.807, 2.05) is 42.5 Å². The van der Waals surface area contributed by atoms with Crippen LogP contribution < -0.4 is 20.3 Å². The van der Waals surface area contributed by atoms with Gasteiger partial charge in [0.1, 0.15) is 30.0 Å². The van der Waals surface area contributed by atoms with Crippen molar-refractivity contribution in [1.82, 2.24) is 10.3 Å². The van der Waals surface area contributed by atoms with Crippen molar-refractivity contribution in [3.8, 4) is 17.2 Å². The molecule has 0 aliphatic heterocycles. The summed E-state index contributed by atoms with van der Waals surface area (Å²) in [4.78, 5) is 14.2. The summed E-state index contributed by atoms with van der Waals surface area (Å²) >= 11 is 0. The molecule has 5 N–H and O–H groups in total. The maximum Gasteiger partial charge on any atom is 0.248 e. The molecular weight excluding hydrogens is 460 g/mol. The Kier molecular flexibility index (Phi) is 8.22. The first-order valence-electron chi connectivity index (χ1n) is 11.7. The Labute approximate surface area is 208 Å². The summed E-state index contributed by atoms with van der Waals surface area (Å²) in [6, 6.07) is 21.1. The number of ether oxygens (including phenoxy) is 2. The highest BCUT2D eigenvalue weighted by Crippen LogP contribution is 2.28. The van der Waals surface area contributed by atoms with Crippen LogP contribution in [0.3, 0.4) is 0 Å². The van der Waals surface area contributed by atoms with Gasteiger partial charge in [-0.25, -0.2) is 0 Å². The molecule has 0 radical (unpaired) electrons. The predicted octanol–water partition coefficient (Wildman–Crippen LogP) is 3.22. The van der Waals surface area contributed by atoms with Gasteiger partial charge >= 0.3 is 0 Å². The van der Waals surface area contributed by atoms with E-state index in [-0.39, 0.29) is 17.9 Å². The zero-order valence-electron chi connectivity index (χ0n) is 20.0. The Morgan fingerprint density at radius 1 is 0.917 bits per heavy atom. The lowest BCUT2D eigenvalue weighted by Crippen LogP contribution is -2.24. The molecule has 8 nitrogen and oxygen atoms in total. The number of methoxy groups -OCH3 is 1. The van der Waals surface area contributed by atoms with E-state index in [2.05, 4.69) is 10.3 Å². The third kappa shape index (κ3) is 6.04. The number of aromatic amines is 1. The highest BCUT2D eigenvalue weighted by Gasteiger charge is 2.15. The molecular formula is C28H30N2O6. The van der Waals surface area contributed by atoms with Gasteiger partial charge in [0.25, 0.3) is 0 Å². The van der Waals surface area contributed by atoms with Crippen molar-refractivity contribution >= 4 is 10.9 Å². The Morgan fingerprint density at radius 3 is 2.47 bits per heavy atom. The van der Waals surface area contributed by atoms with E-state index < -0.39 is 12.2 Å². The number of aliphatic hydroxyl groups excluding tert-OH is 2. The molecule has 1 aromatic heterocycles. The molecule has 1 unspecified atom stereocenters. The van der Waals surface area contributed by atoms with Crippen LogP contribution in [0.15, 0.2) is 77.6 Å². The second-order valence-corrected chi connectivity index (χ2v) is 8.47. The lowest BCUT2D eigenvalue weighted by atomic mass is 10.0. The number of aromatic hydroxyl groups is 1. The number of para-hydroxylation sites is 1. The summed E-state index contributed by atoms with van der Waals surface area (Å²) in [5.41, 5.74) is 2.41. The van der Waals surface area contributed by atoms with E-state index in [9.17, 15) is 20.1 Å². The van der Waals surface area contributed by atoms with Crippen molar-refractivity contribution in [2.45, 2.75) is 18.6 Å². The summed E-state index contributed by atoms with van der Waals surface area (Å²) in [7, 11) is 1.57. The fraction of sp³-hybridized carbons (Fsp3) is 0.250. The minimum atomic E-state index is -0.803. The third-order valence-electron chi connectivity index (χ3n) is 6.02. The van der Waals surface area contributed by atoms with Crippen molar-refractivity contribution in [1.29, 1.82) is 0 Å². The molecule has 0 fully saturated rings. The molecule has 0 saturated carbocycles. The van der Waals surface area contributed by atoms with Crippen LogP contribution in [0.25, 0.3) is 10.9 Å². The van der Waals surface area contributed by atoms with E-state index in [1.54, 1.807) is 25.3 Å². The standard InChI is InChI=1S/C28H30N2O6/c1-35-26-5-3-2-4-22(26)25(33)17-36-19-8-6-18(7-9-19)14-15-29-16-24(32)20-10-12-23(31)28-21(20)11-13-27(34)30-28/h2-13,24-25,29,31-33H,14-17H2,1H3,(H,30,34)/t24-,25?/m0/s1. The number of phenolic OH excluding ortho intramolecular Hbond substituents is 1. The van der Waals surface area contributed by atoms with E-state index in [0.717, 1.165) is 12.0 Å². The van der Waals surface area contributed by atoms with Crippen LogP contribution in [0, 0.1) is 0 Å². The van der Waals surface area contributed by atoms with Crippen molar-refractivity contribution in [3.05, 3.63) is 99.8 Å². The lowest BCUT2D eigenvalue weighted by Gasteiger charge is -2.16. The number of H-pyrrole nitrogens is 1. The lowest BCUT2D eigenvalue weighted by molar-refractivity contribution is 0.105. The topological polar surface area (TPSA) is 124 Å². The average Bonchev–Trinajstić information content (AvgIpc) is 2.90. The highest BCUT2D eigenvalue weighted by molar-refractivity contribution is 5.87. The molecule has 2 atom stereocenters. The van der Waals surface area contributed by atoms with Gasteiger partial charge in [0, 0.05) is 23.6 Å². The largest absolute Gasteiger partial charge is 0.506 e. The monoisotopic (exact) mass is 490 g/mol. The highest BCUT2D eigenvalue weighted by atomic mass is 16.5. The van der Waals surface area contributed by atoms with Crippen molar-refractivity contribution < 1.29 is 24.8 Å². The summed E-state index contributed by atoms with van der Waals surface area (Å²) in [6.45, 7) is 1.08. The molecule has 188 valence electrons. The van der Waals surface area contributed by atoms with Gasteiger partial charge in [-0.05, 0) is 54.4 Å². The summed E-state index contributed by atoms with van der Waals surface area (Å²) < 4.78 is 11.0. The molecule has 4 rings (SSSR count). The zero-order valence-corrected chi connectivity index (χ0v) is 20.0. The minimum Gasteiger partial charge on any atom is -0.506 e. The van der Waals surface area contributed by atoms with Crippen LogP contribution in [-0.4, -0.2) is 47.1 Å². The zero-order chi connectivity index (χ0) is 25.5. The van der Waals surface area contributed by atoms with Crippen LogP contribution in [0.1, 0.15) is 28.9 Å². The molecule has 0 bridgehead atoms. The van der Waals surface area contributed by atoms with Crippen LogP contribution >= 0.6 is 0 Å². The first-order chi connectivity index (χ1) is 17.5. The molecule has 0 aliphatic carbocycles. The number of aliphatic hydroxyl groups is 2. The molecule has 0 saturated heterocycles. The van der Waals surface area contributed by atoms with Gasteiger partial charge in [-0.2, -0.15) is 0 Å². The minimum absolute atomic E-state index is 0.0339. The Bertz CT molecular complexity index is 1350. The maximum atomic E-state index is 11.6. The summed E-state index contributed by atoms with van der Waals surface area (Å²) in [5.74, 6) is 1.25. The quantitative estimate of drug-likeness (QED) is 0.205. The number of nitrogens with one attached hydrogen (secondary N) is 2. The average molecular weight is 491 g/mol. The SMILES string of the molecule is COc1ccccc1C(O)COc1ccc(CCNC[C@H](O)c2ccc(O)c3[nH]c(=O)ccc23)cc1. The molecule has 4 aromatic rings. The molecule has 1 heterocycles. The number of hydrogen-bond donors (Lipinski definition) is 5. The van der Waals surface area contributed by atoms with Crippen LogP contribution in [0.5, 0.6) is 17.2 Å². The Morgan fingerprint density at radius 2 is 1.69 bits per heavy atom. The van der Waals surface area contributed by atoms with Gasteiger partial charge in [-0.1, -0.05) is 36.4 Å². The van der Waals surface area contributed by atoms with Gasteiger partial charge in [-0.3, -0.25) is 4.79 Å². The smallest absolute Gasteiger partial charge is 0.248 e. The number of aromatic nitrogens is 1. The van der Waals surface area contributed by atoms with Gasteiger partial charge < -0.3 is 35.1 Å². The van der Waals surface area contributed by atoms with Crippen LogP contribution in [-0.2, 0) is 6.42 Å². The Hall–Kier alpha value is -3.85. The van der Waals surface area contributed by atoms with E-state index in [1.165, 1.54) is 12.1 Å². The fourth-order valence-corrected chi connectivity index (χ4v) is 4.09. The summed E-state index contributed by atoms with van der Waals surface area (Å²) in [6.07, 6.45) is -0.854. The van der Waals surface area contributed by atoms with Crippen molar-refractivity contribution in [3.63, 3.8) is 0 Å². The number of phenols is 1. The first-order valence-corrected chi connectivity index (χ1v) is 11.7. The number of benzene rings is 3. The number of fused-ring (bicyclic) bond motifs is 1. The van der Waals surface area contributed by atoms with E-state index in [0.29, 0.717) is 46.6 Å². The third-order valence-corrected chi connectivity index (χ3v) is 6.02. The van der Waals surface area contributed by atoms with E-state index in [4.69, 9.17) is 9.47 Å². The van der Waals surface area contributed by atoms with Gasteiger partial charge in [0.05, 0.1) is 18.7 Å². The van der Waals surface area contributed by atoms with Crippen molar-refractivity contribution in [2.75, 3.05) is 26.8 Å². The first kappa shape index (κ1) is 25.2. The Balaban J connectivity index is 1.25. The van der Waals surface area contributed by atoms with E-state index >= 15 is 0 Å². The molecule has 3 aromatic carbocycles. The maximum absolute atomic E-state index is 11.6. The number of hydrogen-bond acceptors (Lipinski definition) is 7. The fourth-order valence-electron chi connectivity index (χ4n) is 4.09. The number of pyridine rings is 1. The molecule has 0 spiro atoms. The van der Waals surface area contributed by atoms with Crippen LogP contribution in [0.4, 0.5) is 0 Å². The molecule has 0 amide bonds. The van der Waals surface area contributed by atoms with Gasteiger partial charge in [0.15, 0.2) is 0 Å². The number of rotatable bonds is 11. The van der Waals surface area contributed by atoms with Gasteiger partial charge in [-0.15, -0.1) is 0 Å². The second-order valence-electron chi connectivity index (χ2n) is 8.47. The van der Waals surface area contributed by atoms with Gasteiger partial charge in [0.2, 0.25) is 5.56 Å². The summed E-state index contributed by atoms with van der Waals surface area (Å²) in [5, 5.41) is 34.9.